The number of aromatic nitrogens is 3. The van der Waals surface area contributed by atoms with Crippen molar-refractivity contribution >= 4 is 11.9 Å². The molecule has 0 aliphatic carbocycles. The van der Waals surface area contributed by atoms with Crippen molar-refractivity contribution < 1.29 is 4.79 Å². The SMILES string of the molecule is O=C1CC=Cc2cnnn2C1. The number of fused-ring (bicyclic) bond motifs is 1. The van der Waals surface area contributed by atoms with Gasteiger partial charge in [-0.2, -0.15) is 0 Å². The molecule has 4 nitrogen and oxygen atoms in total. The number of Topliss-reactive ketones (excluding diaryl/α,β-unsaturated/α-hetero) is 1. The molecule has 0 unspecified atom stereocenters. The Kier molecular flexibility index (Phi) is 1.31. The molecule has 0 N–H and O–H groups in total. The van der Waals surface area contributed by atoms with Gasteiger partial charge in [-0.25, -0.2) is 4.68 Å². The molecule has 2 heterocycles. The maximum Gasteiger partial charge on any atom is 0.158 e. The van der Waals surface area contributed by atoms with Gasteiger partial charge in [0.25, 0.3) is 0 Å². The second-order valence-corrected chi connectivity index (χ2v) is 2.46. The Hall–Kier alpha value is -1.45. The van der Waals surface area contributed by atoms with E-state index in [2.05, 4.69) is 10.3 Å². The van der Waals surface area contributed by atoms with Gasteiger partial charge in [-0.05, 0) is 6.08 Å². The van der Waals surface area contributed by atoms with Crippen LogP contribution >= 0.6 is 0 Å². The minimum atomic E-state index is 0.172. The van der Waals surface area contributed by atoms with E-state index >= 15 is 0 Å². The van der Waals surface area contributed by atoms with E-state index in [4.69, 9.17) is 0 Å². The highest BCUT2D eigenvalue weighted by atomic mass is 16.1. The summed E-state index contributed by atoms with van der Waals surface area (Å²) < 4.78 is 1.60. The van der Waals surface area contributed by atoms with Crippen molar-refractivity contribution in [1.29, 1.82) is 0 Å². The van der Waals surface area contributed by atoms with Gasteiger partial charge < -0.3 is 0 Å². The molecule has 0 bridgehead atoms. The minimum Gasteiger partial charge on any atom is -0.297 e. The molecule has 1 aromatic heterocycles. The smallest absolute Gasteiger partial charge is 0.158 e. The van der Waals surface area contributed by atoms with Crippen LogP contribution in [0, 0.1) is 0 Å². The van der Waals surface area contributed by atoms with Crippen molar-refractivity contribution in [3.63, 3.8) is 0 Å². The number of hydrogen-bond acceptors (Lipinski definition) is 3. The second-order valence-electron chi connectivity index (χ2n) is 2.46. The molecule has 11 heavy (non-hydrogen) atoms. The molecule has 56 valence electrons. The maximum absolute atomic E-state index is 11.0. The lowest BCUT2D eigenvalue weighted by atomic mass is 10.3. The molecular formula is C7H7N3O. The van der Waals surface area contributed by atoms with Gasteiger partial charge in [0, 0.05) is 6.42 Å². The zero-order valence-electron chi connectivity index (χ0n) is 5.90. The summed E-state index contributed by atoms with van der Waals surface area (Å²) in [4.78, 5) is 11.0. The average Bonchev–Trinajstić information content (AvgIpc) is 2.31. The van der Waals surface area contributed by atoms with Crippen LogP contribution in [0.3, 0.4) is 0 Å². The predicted molar refractivity (Wildman–Crippen MR) is 38.7 cm³/mol. The summed E-state index contributed by atoms with van der Waals surface area (Å²) in [6.45, 7) is 0.350. The monoisotopic (exact) mass is 149 g/mol. The predicted octanol–water partition coefficient (Wildman–Crippen LogP) is 0.264. The van der Waals surface area contributed by atoms with Crippen LogP contribution in [0.25, 0.3) is 6.08 Å². The first-order valence-corrected chi connectivity index (χ1v) is 3.43. The summed E-state index contributed by atoms with van der Waals surface area (Å²) in [6, 6.07) is 0. The lowest BCUT2D eigenvalue weighted by molar-refractivity contribution is -0.118. The van der Waals surface area contributed by atoms with Gasteiger partial charge in [-0.1, -0.05) is 11.3 Å². The second kappa shape index (κ2) is 2.30. The molecule has 0 fully saturated rings. The Morgan fingerprint density at radius 1 is 1.55 bits per heavy atom. The standard InChI is InChI=1S/C7H7N3O/c11-7-3-1-2-6-4-8-9-10(6)5-7/h1-2,4H,3,5H2. The molecule has 1 aliphatic rings. The Balaban J connectivity index is 2.44. The number of nitrogens with zero attached hydrogens (tertiary/aromatic N) is 3. The van der Waals surface area contributed by atoms with Crippen LogP contribution in [-0.4, -0.2) is 20.8 Å². The van der Waals surface area contributed by atoms with E-state index in [0.29, 0.717) is 13.0 Å². The molecule has 2 rings (SSSR count). The van der Waals surface area contributed by atoms with Gasteiger partial charge in [0.05, 0.1) is 11.9 Å². The first kappa shape index (κ1) is 6.27. The van der Waals surface area contributed by atoms with Crippen LogP contribution in [0.2, 0.25) is 0 Å². The van der Waals surface area contributed by atoms with Crippen LogP contribution in [0.5, 0.6) is 0 Å². The highest BCUT2D eigenvalue weighted by Gasteiger charge is 2.08. The number of hydrogen-bond donors (Lipinski definition) is 0. The highest BCUT2D eigenvalue weighted by Crippen LogP contribution is 2.05. The first-order chi connectivity index (χ1) is 5.36. The Morgan fingerprint density at radius 2 is 2.45 bits per heavy atom. The molecule has 4 heteroatoms. The van der Waals surface area contributed by atoms with Gasteiger partial charge in [0.15, 0.2) is 5.78 Å². The summed E-state index contributed by atoms with van der Waals surface area (Å²) in [6.07, 6.45) is 5.86. The fraction of sp³-hybridized carbons (Fsp3) is 0.286. The van der Waals surface area contributed by atoms with Crippen molar-refractivity contribution in [2.45, 2.75) is 13.0 Å². The third-order valence-corrected chi connectivity index (χ3v) is 1.61. The lowest BCUT2D eigenvalue weighted by Gasteiger charge is -1.95. The highest BCUT2D eigenvalue weighted by molar-refractivity contribution is 5.81. The summed E-state index contributed by atoms with van der Waals surface area (Å²) >= 11 is 0. The summed E-state index contributed by atoms with van der Waals surface area (Å²) in [5, 5.41) is 7.45. The Morgan fingerprint density at radius 3 is 3.36 bits per heavy atom. The molecule has 1 aromatic rings. The van der Waals surface area contributed by atoms with Gasteiger partial charge in [-0.3, -0.25) is 4.79 Å². The Labute approximate surface area is 63.5 Å². The van der Waals surface area contributed by atoms with Crippen molar-refractivity contribution in [2.75, 3.05) is 0 Å². The average molecular weight is 149 g/mol. The van der Waals surface area contributed by atoms with Gasteiger partial charge in [-0.15, -0.1) is 5.10 Å². The number of carbonyl (C=O) groups is 1. The molecule has 0 aromatic carbocycles. The topological polar surface area (TPSA) is 47.8 Å². The number of carbonyl (C=O) groups excluding carboxylic acids is 1. The summed E-state index contributed by atoms with van der Waals surface area (Å²) in [5.74, 6) is 0.172. The number of rotatable bonds is 0. The normalized spacial score (nSPS) is 16.2. The molecule has 0 amide bonds. The van der Waals surface area contributed by atoms with Crippen molar-refractivity contribution in [3.8, 4) is 0 Å². The third-order valence-electron chi connectivity index (χ3n) is 1.61. The summed E-state index contributed by atoms with van der Waals surface area (Å²) in [7, 11) is 0. The van der Waals surface area contributed by atoms with Crippen LogP contribution in [0.1, 0.15) is 12.1 Å². The van der Waals surface area contributed by atoms with E-state index in [1.54, 1.807) is 10.9 Å². The van der Waals surface area contributed by atoms with Gasteiger partial charge >= 0.3 is 0 Å². The molecule has 0 radical (unpaired) electrons. The Bertz CT molecular complexity index is 313. The zero-order chi connectivity index (χ0) is 7.68. The molecule has 0 saturated heterocycles. The molecular weight excluding hydrogens is 142 g/mol. The first-order valence-electron chi connectivity index (χ1n) is 3.43. The van der Waals surface area contributed by atoms with Crippen LogP contribution in [-0.2, 0) is 11.3 Å². The van der Waals surface area contributed by atoms with E-state index in [0.717, 1.165) is 5.69 Å². The largest absolute Gasteiger partial charge is 0.297 e. The van der Waals surface area contributed by atoms with E-state index in [1.807, 2.05) is 12.2 Å². The number of allylic oxidation sites excluding steroid dienone is 1. The van der Waals surface area contributed by atoms with Crippen LogP contribution in [0.15, 0.2) is 12.3 Å². The fourth-order valence-corrected chi connectivity index (χ4v) is 1.06. The molecule has 0 saturated carbocycles. The van der Waals surface area contributed by atoms with Crippen LogP contribution in [0.4, 0.5) is 0 Å². The van der Waals surface area contributed by atoms with Crippen molar-refractivity contribution in [1.82, 2.24) is 15.0 Å². The summed E-state index contributed by atoms with van der Waals surface area (Å²) in [5.41, 5.74) is 0.899. The molecule has 1 aliphatic heterocycles. The van der Waals surface area contributed by atoms with Gasteiger partial charge in [0.2, 0.25) is 0 Å². The van der Waals surface area contributed by atoms with E-state index in [9.17, 15) is 4.79 Å². The van der Waals surface area contributed by atoms with E-state index in [-0.39, 0.29) is 5.78 Å². The van der Waals surface area contributed by atoms with Crippen LogP contribution < -0.4 is 0 Å². The van der Waals surface area contributed by atoms with E-state index < -0.39 is 0 Å². The fourth-order valence-electron chi connectivity index (χ4n) is 1.06. The number of ketones is 1. The van der Waals surface area contributed by atoms with Crippen molar-refractivity contribution in [3.05, 3.63) is 18.0 Å². The maximum atomic E-state index is 11.0. The molecule has 0 atom stereocenters. The lowest BCUT2D eigenvalue weighted by Crippen LogP contribution is -2.09. The quantitative estimate of drug-likeness (QED) is 0.531. The van der Waals surface area contributed by atoms with E-state index in [1.165, 1.54) is 0 Å². The third kappa shape index (κ3) is 1.07. The van der Waals surface area contributed by atoms with Crippen molar-refractivity contribution in [2.24, 2.45) is 0 Å². The minimum absolute atomic E-state index is 0.172. The molecule has 0 spiro atoms. The van der Waals surface area contributed by atoms with Gasteiger partial charge in [0.1, 0.15) is 6.54 Å². The zero-order valence-corrected chi connectivity index (χ0v) is 5.90.